The maximum Gasteiger partial charge on any atom is 0.120 e. The third-order valence-corrected chi connectivity index (χ3v) is 3.59. The maximum absolute atomic E-state index is 9.93. The van der Waals surface area contributed by atoms with E-state index in [1.54, 1.807) is 13.2 Å². The molecule has 18 heavy (non-hydrogen) atoms. The first-order valence-corrected chi connectivity index (χ1v) is 6.96. The zero-order valence-corrected chi connectivity index (χ0v) is 13.0. The summed E-state index contributed by atoms with van der Waals surface area (Å²) < 4.78 is 6.36. The molecule has 2 N–H and O–H groups in total. The van der Waals surface area contributed by atoms with Crippen LogP contribution in [0.25, 0.3) is 0 Å². The molecule has 1 atom stereocenters. The number of halogens is 1. The Morgan fingerprint density at radius 1 is 1.44 bits per heavy atom. The minimum atomic E-state index is -0.213. The molecule has 0 heterocycles. The van der Waals surface area contributed by atoms with Gasteiger partial charge in [0.2, 0.25) is 0 Å². The monoisotopic (exact) mass is 315 g/mol. The molecule has 0 aliphatic rings. The third-order valence-electron chi connectivity index (χ3n) is 3.10. The molecule has 0 fully saturated rings. The summed E-state index contributed by atoms with van der Waals surface area (Å²) in [5, 5.41) is 13.4. The van der Waals surface area contributed by atoms with Crippen LogP contribution in [0.4, 0.5) is 0 Å². The molecular weight excluding hydrogens is 294 g/mol. The van der Waals surface area contributed by atoms with Gasteiger partial charge in [-0.25, -0.2) is 0 Å². The summed E-state index contributed by atoms with van der Waals surface area (Å²) in [5.41, 5.74) is 0.702. The first-order chi connectivity index (χ1) is 8.39. The van der Waals surface area contributed by atoms with Crippen LogP contribution in [0, 0.1) is 0 Å². The predicted octanol–water partition coefficient (Wildman–Crippen LogP) is 3.62. The van der Waals surface area contributed by atoms with Crippen molar-refractivity contribution in [1.82, 2.24) is 5.32 Å². The molecule has 4 heteroatoms. The summed E-state index contributed by atoms with van der Waals surface area (Å²) in [7, 11) is 1.71. The normalized spacial score (nSPS) is 13.6. The molecule has 0 saturated carbocycles. The lowest BCUT2D eigenvalue weighted by atomic mass is 10.0. The van der Waals surface area contributed by atoms with E-state index in [9.17, 15) is 5.11 Å². The Kier molecular flexibility index (Phi) is 5.63. The summed E-state index contributed by atoms with van der Waals surface area (Å²) in [6, 6.07) is 5.63. The van der Waals surface area contributed by atoms with E-state index in [0.29, 0.717) is 5.75 Å². The van der Waals surface area contributed by atoms with Gasteiger partial charge in [0.15, 0.2) is 0 Å². The van der Waals surface area contributed by atoms with Crippen molar-refractivity contribution in [3.8, 4) is 5.75 Å². The Morgan fingerprint density at radius 3 is 2.67 bits per heavy atom. The Bertz CT molecular complexity index is 393. The van der Waals surface area contributed by atoms with Crippen LogP contribution in [0.3, 0.4) is 0 Å². The fraction of sp³-hybridized carbons (Fsp3) is 0.571. The van der Waals surface area contributed by atoms with Crippen molar-refractivity contribution in [2.75, 3.05) is 13.7 Å². The molecule has 0 aromatic heterocycles. The Morgan fingerprint density at radius 2 is 2.11 bits per heavy atom. The quantitative estimate of drug-likeness (QED) is 0.842. The molecule has 1 unspecified atom stereocenters. The molecule has 0 saturated heterocycles. The number of aromatic hydroxyl groups is 1. The largest absolute Gasteiger partial charge is 0.508 e. The summed E-state index contributed by atoms with van der Waals surface area (Å²) in [6.45, 7) is 6.90. The molecule has 0 aliphatic carbocycles. The van der Waals surface area contributed by atoms with E-state index in [-0.39, 0.29) is 11.6 Å². The average molecular weight is 316 g/mol. The summed E-state index contributed by atoms with van der Waals surface area (Å²) in [5.74, 6) is 0.327. The zero-order chi connectivity index (χ0) is 13.8. The topological polar surface area (TPSA) is 41.5 Å². The number of hydrogen-bond acceptors (Lipinski definition) is 3. The first kappa shape index (κ1) is 15.5. The number of nitrogens with one attached hydrogen (secondary N) is 1. The first-order valence-electron chi connectivity index (χ1n) is 6.16. The Hall–Kier alpha value is -0.580. The molecule has 1 aromatic rings. The molecule has 1 aromatic carbocycles. The molecule has 0 amide bonds. The minimum Gasteiger partial charge on any atom is -0.508 e. The van der Waals surface area contributed by atoms with Gasteiger partial charge in [-0.2, -0.15) is 0 Å². The molecule has 0 spiro atoms. The van der Waals surface area contributed by atoms with Crippen LogP contribution in [0.15, 0.2) is 22.7 Å². The van der Waals surface area contributed by atoms with Crippen molar-refractivity contribution < 1.29 is 9.84 Å². The van der Waals surface area contributed by atoms with Gasteiger partial charge in [-0.3, -0.25) is 0 Å². The third kappa shape index (κ3) is 4.26. The van der Waals surface area contributed by atoms with Crippen molar-refractivity contribution in [2.24, 2.45) is 0 Å². The fourth-order valence-electron chi connectivity index (χ4n) is 1.72. The zero-order valence-electron chi connectivity index (χ0n) is 11.5. The van der Waals surface area contributed by atoms with Crippen molar-refractivity contribution in [1.29, 1.82) is 0 Å². The number of hydrogen-bond donors (Lipinski definition) is 2. The molecule has 0 bridgehead atoms. The van der Waals surface area contributed by atoms with Crippen LogP contribution in [0.1, 0.15) is 38.8 Å². The van der Waals surface area contributed by atoms with E-state index >= 15 is 0 Å². The second-order valence-electron chi connectivity index (χ2n) is 5.01. The van der Waals surface area contributed by atoms with Gasteiger partial charge in [0.25, 0.3) is 0 Å². The molecular formula is C14H22BrNO2. The van der Waals surface area contributed by atoms with Gasteiger partial charge >= 0.3 is 0 Å². The van der Waals surface area contributed by atoms with Crippen molar-refractivity contribution in [3.05, 3.63) is 28.2 Å². The number of benzene rings is 1. The fourth-order valence-corrected chi connectivity index (χ4v) is 2.10. The van der Waals surface area contributed by atoms with Crippen molar-refractivity contribution in [3.63, 3.8) is 0 Å². The number of methoxy groups -OCH3 is 1. The number of ether oxygens (including phenoxy) is 1. The molecule has 102 valence electrons. The van der Waals surface area contributed by atoms with Crippen molar-refractivity contribution in [2.45, 2.75) is 38.8 Å². The van der Waals surface area contributed by atoms with Gasteiger partial charge in [-0.15, -0.1) is 0 Å². The highest BCUT2D eigenvalue weighted by molar-refractivity contribution is 9.10. The second kappa shape index (κ2) is 6.55. The van der Waals surface area contributed by atoms with E-state index in [0.717, 1.165) is 23.0 Å². The minimum absolute atomic E-state index is 0.122. The summed E-state index contributed by atoms with van der Waals surface area (Å²) >= 11 is 3.43. The lowest BCUT2D eigenvalue weighted by Crippen LogP contribution is -2.38. The lowest BCUT2D eigenvalue weighted by Gasteiger charge is -2.27. The van der Waals surface area contributed by atoms with Crippen LogP contribution < -0.4 is 5.32 Å². The standard InChI is InChI=1S/C14H22BrNO2/c1-5-12(16-9-14(2,3)18-4)11-8-10(15)6-7-13(11)17/h6-8,12,16-17H,5,9H2,1-4H3. The number of phenolic OH excluding ortho intramolecular Hbond substituents is 1. The summed E-state index contributed by atoms with van der Waals surface area (Å²) in [4.78, 5) is 0. The molecule has 3 nitrogen and oxygen atoms in total. The van der Waals surface area contributed by atoms with Gasteiger partial charge in [-0.05, 0) is 38.5 Å². The van der Waals surface area contributed by atoms with Crippen LogP contribution in [-0.2, 0) is 4.74 Å². The number of phenols is 1. The van der Waals surface area contributed by atoms with Crippen LogP contribution >= 0.6 is 15.9 Å². The van der Waals surface area contributed by atoms with Crippen LogP contribution in [0.2, 0.25) is 0 Å². The van der Waals surface area contributed by atoms with Crippen molar-refractivity contribution >= 4 is 15.9 Å². The highest BCUT2D eigenvalue weighted by Gasteiger charge is 2.20. The Balaban J connectivity index is 2.80. The number of rotatable bonds is 6. The van der Waals surface area contributed by atoms with E-state index in [2.05, 4.69) is 28.2 Å². The average Bonchev–Trinajstić information content (AvgIpc) is 2.34. The molecule has 0 aliphatic heterocycles. The highest BCUT2D eigenvalue weighted by Crippen LogP contribution is 2.29. The van der Waals surface area contributed by atoms with Gasteiger partial charge in [0.05, 0.1) is 5.60 Å². The van der Waals surface area contributed by atoms with E-state index in [4.69, 9.17) is 4.74 Å². The Labute approximate surface area is 118 Å². The van der Waals surface area contributed by atoms with Gasteiger partial charge in [0, 0.05) is 29.7 Å². The van der Waals surface area contributed by atoms with Crippen LogP contribution in [-0.4, -0.2) is 24.4 Å². The molecule has 1 rings (SSSR count). The summed E-state index contributed by atoms with van der Waals surface area (Å²) in [6.07, 6.45) is 0.907. The molecule has 0 radical (unpaired) electrons. The highest BCUT2D eigenvalue weighted by atomic mass is 79.9. The van der Waals surface area contributed by atoms with Crippen LogP contribution in [0.5, 0.6) is 5.75 Å². The van der Waals surface area contributed by atoms with Gasteiger partial charge < -0.3 is 15.2 Å². The predicted molar refractivity (Wildman–Crippen MR) is 77.9 cm³/mol. The second-order valence-corrected chi connectivity index (χ2v) is 5.92. The van der Waals surface area contributed by atoms with E-state index < -0.39 is 0 Å². The van der Waals surface area contributed by atoms with E-state index in [1.165, 1.54) is 0 Å². The smallest absolute Gasteiger partial charge is 0.120 e. The maximum atomic E-state index is 9.93. The van der Waals surface area contributed by atoms with Gasteiger partial charge in [-0.1, -0.05) is 22.9 Å². The van der Waals surface area contributed by atoms with Gasteiger partial charge in [0.1, 0.15) is 5.75 Å². The lowest BCUT2D eigenvalue weighted by molar-refractivity contribution is 0.0208. The SMILES string of the molecule is CCC(NCC(C)(C)OC)c1cc(Br)ccc1O. The van der Waals surface area contributed by atoms with E-state index in [1.807, 2.05) is 26.0 Å².